The standard InChI is InChI=1S/C4H6N2OS4/c1-8-10-6-4(3-5)7-11-9-2/h1-2H3. The summed E-state index contributed by atoms with van der Waals surface area (Å²) in [6.45, 7) is 0. The molecule has 7 heteroatoms. The first-order chi connectivity index (χ1) is 5.35. The highest BCUT2D eigenvalue weighted by molar-refractivity contribution is 8.76. The summed E-state index contributed by atoms with van der Waals surface area (Å²) < 4.78 is 8.65. The van der Waals surface area contributed by atoms with Crippen molar-refractivity contribution < 1.29 is 4.18 Å². The molecule has 0 radical (unpaired) electrons. The molecule has 0 heterocycles. The molecule has 3 nitrogen and oxygen atoms in total. The van der Waals surface area contributed by atoms with Gasteiger partial charge in [-0.3, -0.25) is 0 Å². The van der Waals surface area contributed by atoms with Crippen LogP contribution in [0.2, 0.25) is 0 Å². The van der Waals surface area contributed by atoms with Crippen LogP contribution in [0.15, 0.2) is 4.40 Å². The Kier molecular flexibility index (Phi) is 8.73. The minimum absolute atomic E-state index is 0.101. The van der Waals surface area contributed by atoms with E-state index in [4.69, 9.17) is 9.44 Å². The fourth-order valence-corrected chi connectivity index (χ4v) is 1.49. The summed E-state index contributed by atoms with van der Waals surface area (Å²) in [6.07, 6.45) is 3.74. The molecule has 0 saturated carbocycles. The van der Waals surface area contributed by atoms with Crippen molar-refractivity contribution in [3.05, 3.63) is 0 Å². The molecule has 0 N–H and O–H groups in total. The predicted molar refractivity (Wildman–Crippen MR) is 56.3 cm³/mol. The van der Waals surface area contributed by atoms with E-state index < -0.39 is 0 Å². The Labute approximate surface area is 81.9 Å². The van der Waals surface area contributed by atoms with Crippen LogP contribution in [0.5, 0.6) is 0 Å². The average molecular weight is 226 g/mol. The van der Waals surface area contributed by atoms with Crippen LogP contribution in [-0.4, -0.2) is 18.4 Å². The number of hydrogen-bond donors (Lipinski definition) is 0. The molecule has 0 aliphatic heterocycles. The quantitative estimate of drug-likeness (QED) is 0.241. The molecular weight excluding hydrogens is 220 g/mol. The van der Waals surface area contributed by atoms with Crippen molar-refractivity contribution in [2.75, 3.05) is 12.5 Å². The maximum atomic E-state index is 8.43. The van der Waals surface area contributed by atoms with Crippen molar-refractivity contribution in [3.8, 4) is 6.07 Å². The molecular formula is C4H6N2OS4. The highest BCUT2D eigenvalue weighted by Gasteiger charge is 1.97. The van der Waals surface area contributed by atoms with Crippen LogP contribution >= 0.6 is 43.6 Å². The van der Waals surface area contributed by atoms with Crippen LogP contribution in [0.4, 0.5) is 0 Å². The van der Waals surface area contributed by atoms with Crippen LogP contribution in [0.3, 0.4) is 0 Å². The highest BCUT2D eigenvalue weighted by Crippen LogP contribution is 2.22. The summed E-state index contributed by atoms with van der Waals surface area (Å²) >= 11 is 1.13. The van der Waals surface area contributed by atoms with Gasteiger partial charge in [0.2, 0.25) is 0 Å². The van der Waals surface area contributed by atoms with Crippen LogP contribution < -0.4 is 0 Å². The summed E-state index contributed by atoms with van der Waals surface area (Å²) in [7, 11) is 4.11. The number of nitrogens with zero attached hydrogens (tertiary/aromatic N) is 2. The van der Waals surface area contributed by atoms with E-state index in [0.29, 0.717) is 0 Å². The fourth-order valence-electron chi connectivity index (χ4n) is 0.192. The maximum absolute atomic E-state index is 8.43. The van der Waals surface area contributed by atoms with E-state index in [9.17, 15) is 0 Å². The first-order valence-corrected chi connectivity index (χ1v) is 7.40. The van der Waals surface area contributed by atoms with E-state index in [0.717, 1.165) is 11.1 Å². The Morgan fingerprint density at radius 2 is 2.18 bits per heavy atom. The Hall–Kier alpha value is 0.360. The Morgan fingerprint density at radius 1 is 1.45 bits per heavy atom. The smallest absolute Gasteiger partial charge is 0.316 e. The molecule has 0 aliphatic rings. The van der Waals surface area contributed by atoms with Gasteiger partial charge in [-0.1, -0.05) is 21.6 Å². The van der Waals surface area contributed by atoms with E-state index >= 15 is 0 Å². The number of hydrogen-bond acceptors (Lipinski definition) is 7. The lowest BCUT2D eigenvalue weighted by molar-refractivity contribution is 0.666. The van der Waals surface area contributed by atoms with Crippen molar-refractivity contribution in [2.24, 2.45) is 4.40 Å². The van der Waals surface area contributed by atoms with Gasteiger partial charge in [-0.15, -0.1) is 0 Å². The normalized spacial score (nSPS) is 10.8. The topological polar surface area (TPSA) is 45.4 Å². The SMILES string of the molecule is CSSN=C(C#N)OSSC. The highest BCUT2D eigenvalue weighted by atomic mass is 33.1. The molecule has 0 saturated heterocycles. The minimum atomic E-state index is 0.101. The van der Waals surface area contributed by atoms with Crippen molar-refractivity contribution in [1.29, 1.82) is 5.26 Å². The van der Waals surface area contributed by atoms with Gasteiger partial charge < -0.3 is 4.18 Å². The van der Waals surface area contributed by atoms with E-state index in [1.54, 1.807) is 0 Å². The monoisotopic (exact) mass is 226 g/mol. The van der Waals surface area contributed by atoms with E-state index in [-0.39, 0.29) is 5.90 Å². The second-order valence-corrected chi connectivity index (χ2v) is 5.22. The molecule has 0 spiro atoms. The molecule has 0 aromatic heterocycles. The molecule has 62 valence electrons. The molecule has 0 amide bonds. The second-order valence-electron chi connectivity index (χ2n) is 1.07. The van der Waals surface area contributed by atoms with Gasteiger partial charge in [0.1, 0.15) is 11.1 Å². The maximum Gasteiger partial charge on any atom is 0.316 e. The molecule has 0 aromatic rings. The first kappa shape index (κ1) is 11.4. The third kappa shape index (κ3) is 6.75. The lowest BCUT2D eigenvalue weighted by atomic mass is 10.8. The molecule has 11 heavy (non-hydrogen) atoms. The van der Waals surface area contributed by atoms with Gasteiger partial charge >= 0.3 is 5.90 Å². The van der Waals surface area contributed by atoms with Crippen molar-refractivity contribution in [2.45, 2.75) is 0 Å². The van der Waals surface area contributed by atoms with Gasteiger partial charge in [-0.25, -0.2) is 0 Å². The van der Waals surface area contributed by atoms with Gasteiger partial charge in [0.25, 0.3) is 0 Å². The van der Waals surface area contributed by atoms with Crippen LogP contribution in [0.1, 0.15) is 0 Å². The molecule has 0 fully saturated rings. The summed E-state index contributed by atoms with van der Waals surface area (Å²) in [5.41, 5.74) is 0. The fraction of sp³-hybridized carbons (Fsp3) is 0.500. The van der Waals surface area contributed by atoms with Crippen molar-refractivity contribution in [3.63, 3.8) is 0 Å². The summed E-state index contributed by atoms with van der Waals surface area (Å²) in [6, 6.07) is 1.83. The Bertz CT molecular complexity index is 166. The third-order valence-corrected chi connectivity index (χ3v) is 2.51. The van der Waals surface area contributed by atoms with E-state index in [2.05, 4.69) is 4.40 Å². The van der Waals surface area contributed by atoms with Crippen molar-refractivity contribution in [1.82, 2.24) is 0 Å². The Morgan fingerprint density at radius 3 is 2.64 bits per heavy atom. The van der Waals surface area contributed by atoms with Gasteiger partial charge in [0.05, 0.1) is 0 Å². The van der Waals surface area contributed by atoms with Crippen molar-refractivity contribution >= 4 is 49.5 Å². The number of nitriles is 1. The average Bonchev–Trinajstić information content (AvgIpc) is 2.05. The zero-order chi connectivity index (χ0) is 8.53. The van der Waals surface area contributed by atoms with Gasteiger partial charge in [0.15, 0.2) is 6.07 Å². The van der Waals surface area contributed by atoms with E-state index in [1.807, 2.05) is 18.6 Å². The molecule has 0 aromatic carbocycles. The zero-order valence-corrected chi connectivity index (χ0v) is 9.20. The van der Waals surface area contributed by atoms with E-state index in [1.165, 1.54) is 32.6 Å². The van der Waals surface area contributed by atoms with Crippen LogP contribution in [-0.2, 0) is 4.18 Å². The lowest BCUT2D eigenvalue weighted by Gasteiger charge is -1.94. The summed E-state index contributed by atoms with van der Waals surface area (Å²) in [4.78, 5) is 0. The Balaban J connectivity index is 3.67. The summed E-state index contributed by atoms with van der Waals surface area (Å²) in [5, 5.41) is 8.43. The van der Waals surface area contributed by atoms with Crippen LogP contribution in [0.25, 0.3) is 0 Å². The van der Waals surface area contributed by atoms with Gasteiger partial charge in [-0.2, -0.15) is 9.66 Å². The first-order valence-electron chi connectivity index (χ1n) is 2.40. The molecule has 0 aliphatic carbocycles. The van der Waals surface area contributed by atoms with Crippen LogP contribution in [0, 0.1) is 11.3 Å². The molecule has 0 atom stereocenters. The number of rotatable bonds is 4. The largest absolute Gasteiger partial charge is 0.383 e. The third-order valence-electron chi connectivity index (χ3n) is 0.471. The zero-order valence-electron chi connectivity index (χ0n) is 5.94. The predicted octanol–water partition coefficient (Wildman–Crippen LogP) is 2.78. The molecule has 0 rings (SSSR count). The molecule has 0 bridgehead atoms. The minimum Gasteiger partial charge on any atom is -0.383 e. The summed E-state index contributed by atoms with van der Waals surface area (Å²) in [5.74, 6) is 0.101. The molecule has 0 unspecified atom stereocenters. The van der Waals surface area contributed by atoms with Gasteiger partial charge in [-0.05, 0) is 12.5 Å². The lowest BCUT2D eigenvalue weighted by Crippen LogP contribution is -1.91. The van der Waals surface area contributed by atoms with Gasteiger partial charge in [0, 0.05) is 11.0 Å². The second kappa shape index (κ2) is 8.46.